The largest absolute Gasteiger partial charge is 0.393 e. The van der Waals surface area contributed by atoms with Gasteiger partial charge in [0.2, 0.25) is 0 Å². The molecular formula is C16H11F3. The first kappa shape index (κ1) is 12.0. The second kappa shape index (κ2) is 4.26. The quantitative estimate of drug-likeness (QED) is 0.534. The highest BCUT2D eigenvalue weighted by molar-refractivity contribution is 6.02. The molecule has 0 unspecified atom stereocenters. The summed E-state index contributed by atoms with van der Waals surface area (Å²) in [4.78, 5) is 0. The van der Waals surface area contributed by atoms with Gasteiger partial charge in [-0.05, 0) is 33.2 Å². The third-order valence-electron chi connectivity index (χ3n) is 3.26. The van der Waals surface area contributed by atoms with Crippen molar-refractivity contribution in [2.45, 2.75) is 12.6 Å². The zero-order valence-corrected chi connectivity index (χ0v) is 10.0. The van der Waals surface area contributed by atoms with Crippen molar-refractivity contribution in [3.05, 3.63) is 60.2 Å². The van der Waals surface area contributed by atoms with Crippen LogP contribution in [0.3, 0.4) is 0 Å². The molecule has 0 aliphatic heterocycles. The Kier molecular flexibility index (Phi) is 2.70. The van der Waals surface area contributed by atoms with Crippen LogP contribution in [0.5, 0.6) is 0 Å². The lowest BCUT2D eigenvalue weighted by molar-refractivity contribution is -0.126. The van der Waals surface area contributed by atoms with Crippen LogP contribution in [0, 0.1) is 0 Å². The molecule has 0 heterocycles. The summed E-state index contributed by atoms with van der Waals surface area (Å²) in [5, 5.41) is 3.05. The van der Waals surface area contributed by atoms with E-state index in [1.165, 1.54) is 0 Å². The summed E-state index contributed by atoms with van der Waals surface area (Å²) in [6.45, 7) is 0. The van der Waals surface area contributed by atoms with Crippen molar-refractivity contribution in [3.8, 4) is 0 Å². The fourth-order valence-corrected chi connectivity index (χ4v) is 2.50. The van der Waals surface area contributed by atoms with Crippen molar-refractivity contribution in [2.24, 2.45) is 0 Å². The maximum atomic E-state index is 12.8. The molecule has 0 aliphatic rings. The smallest absolute Gasteiger partial charge is 0.171 e. The van der Waals surface area contributed by atoms with Gasteiger partial charge in [-0.1, -0.05) is 48.5 Å². The van der Waals surface area contributed by atoms with Crippen molar-refractivity contribution in [2.75, 3.05) is 0 Å². The molecule has 19 heavy (non-hydrogen) atoms. The molecule has 0 fully saturated rings. The van der Waals surface area contributed by atoms with Gasteiger partial charge in [-0.25, -0.2) is 0 Å². The molecule has 0 saturated carbocycles. The molecular weight excluding hydrogens is 249 g/mol. The van der Waals surface area contributed by atoms with Crippen LogP contribution < -0.4 is 0 Å². The second-order valence-corrected chi connectivity index (χ2v) is 4.59. The van der Waals surface area contributed by atoms with E-state index in [1.54, 1.807) is 24.3 Å². The van der Waals surface area contributed by atoms with Gasteiger partial charge < -0.3 is 0 Å². The van der Waals surface area contributed by atoms with E-state index in [9.17, 15) is 13.2 Å². The van der Waals surface area contributed by atoms with Gasteiger partial charge in [0.1, 0.15) is 0 Å². The summed E-state index contributed by atoms with van der Waals surface area (Å²) in [6, 6.07) is 16.4. The van der Waals surface area contributed by atoms with E-state index in [0.29, 0.717) is 16.3 Å². The Morgan fingerprint density at radius 1 is 0.737 bits per heavy atom. The average Bonchev–Trinajstić information content (AvgIpc) is 2.37. The standard InChI is InChI=1S/C16H11F3/c17-16(18,19)10-15-13-7-3-1-5-11(13)9-12-6-2-4-8-14(12)15/h1-9H,10H2. The Balaban J connectivity index is 2.39. The summed E-state index contributed by atoms with van der Waals surface area (Å²) in [7, 11) is 0. The number of halogens is 3. The van der Waals surface area contributed by atoms with E-state index in [2.05, 4.69) is 0 Å². The minimum atomic E-state index is -4.20. The molecule has 0 saturated heterocycles. The van der Waals surface area contributed by atoms with Crippen LogP contribution >= 0.6 is 0 Å². The van der Waals surface area contributed by atoms with E-state index >= 15 is 0 Å². The Labute approximate surface area is 108 Å². The molecule has 0 N–H and O–H groups in total. The highest BCUT2D eigenvalue weighted by Crippen LogP contribution is 2.33. The minimum absolute atomic E-state index is 0.362. The van der Waals surface area contributed by atoms with Crippen LogP contribution in [0.15, 0.2) is 54.6 Å². The van der Waals surface area contributed by atoms with E-state index in [0.717, 1.165) is 10.8 Å². The van der Waals surface area contributed by atoms with Crippen molar-refractivity contribution in [1.29, 1.82) is 0 Å². The zero-order chi connectivity index (χ0) is 13.5. The third-order valence-corrected chi connectivity index (χ3v) is 3.26. The zero-order valence-electron chi connectivity index (χ0n) is 10.0. The predicted molar refractivity (Wildman–Crippen MR) is 71.2 cm³/mol. The summed E-state index contributed by atoms with van der Waals surface area (Å²) in [5.41, 5.74) is 0.362. The molecule has 0 amide bonds. The Morgan fingerprint density at radius 3 is 1.68 bits per heavy atom. The summed E-state index contributed by atoms with van der Waals surface area (Å²) >= 11 is 0. The first-order valence-electron chi connectivity index (χ1n) is 6.01. The number of benzene rings is 3. The Hall–Kier alpha value is -2.03. The lowest BCUT2D eigenvalue weighted by atomic mass is 9.95. The van der Waals surface area contributed by atoms with Crippen molar-refractivity contribution >= 4 is 21.5 Å². The van der Waals surface area contributed by atoms with Crippen LogP contribution in [-0.2, 0) is 6.42 Å². The van der Waals surface area contributed by atoms with Crippen LogP contribution in [0.4, 0.5) is 13.2 Å². The van der Waals surface area contributed by atoms with Gasteiger partial charge >= 0.3 is 6.18 Å². The lowest BCUT2D eigenvalue weighted by Crippen LogP contribution is -2.12. The van der Waals surface area contributed by atoms with Gasteiger partial charge in [-0.3, -0.25) is 0 Å². The van der Waals surface area contributed by atoms with Crippen molar-refractivity contribution < 1.29 is 13.2 Å². The number of rotatable bonds is 1. The molecule has 0 nitrogen and oxygen atoms in total. The Bertz CT molecular complexity index is 688. The third kappa shape index (κ3) is 2.28. The monoisotopic (exact) mass is 260 g/mol. The molecule has 0 atom stereocenters. The topological polar surface area (TPSA) is 0 Å². The Morgan fingerprint density at radius 2 is 1.21 bits per heavy atom. The second-order valence-electron chi connectivity index (χ2n) is 4.59. The number of fused-ring (bicyclic) bond motifs is 2. The van der Waals surface area contributed by atoms with Gasteiger partial charge in [0, 0.05) is 0 Å². The normalized spacial score (nSPS) is 12.2. The highest BCUT2D eigenvalue weighted by atomic mass is 19.4. The number of hydrogen-bond donors (Lipinski definition) is 0. The lowest BCUT2D eigenvalue weighted by Gasteiger charge is -2.13. The fraction of sp³-hybridized carbons (Fsp3) is 0.125. The van der Waals surface area contributed by atoms with Gasteiger partial charge in [0.25, 0.3) is 0 Å². The number of alkyl halides is 3. The molecule has 3 rings (SSSR count). The summed E-state index contributed by atoms with van der Waals surface area (Å²) in [6.07, 6.45) is -5.10. The van der Waals surface area contributed by atoms with Gasteiger partial charge in [-0.2, -0.15) is 13.2 Å². The maximum absolute atomic E-state index is 12.8. The first-order chi connectivity index (χ1) is 9.04. The van der Waals surface area contributed by atoms with Gasteiger partial charge in [0.15, 0.2) is 0 Å². The maximum Gasteiger partial charge on any atom is 0.393 e. The molecule has 0 radical (unpaired) electrons. The van der Waals surface area contributed by atoms with E-state index in [-0.39, 0.29) is 0 Å². The molecule has 3 aromatic rings. The highest BCUT2D eigenvalue weighted by Gasteiger charge is 2.29. The summed E-state index contributed by atoms with van der Waals surface area (Å²) in [5.74, 6) is 0. The van der Waals surface area contributed by atoms with Crippen LogP contribution in [0.25, 0.3) is 21.5 Å². The van der Waals surface area contributed by atoms with E-state index < -0.39 is 12.6 Å². The predicted octanol–water partition coefficient (Wildman–Crippen LogP) is 5.10. The van der Waals surface area contributed by atoms with Crippen LogP contribution in [0.1, 0.15) is 5.56 Å². The molecule has 0 bridgehead atoms. The van der Waals surface area contributed by atoms with E-state index in [1.807, 2.05) is 30.3 Å². The van der Waals surface area contributed by atoms with Crippen molar-refractivity contribution in [1.82, 2.24) is 0 Å². The van der Waals surface area contributed by atoms with E-state index in [4.69, 9.17) is 0 Å². The van der Waals surface area contributed by atoms with Crippen LogP contribution in [-0.4, -0.2) is 6.18 Å². The summed E-state index contributed by atoms with van der Waals surface area (Å²) < 4.78 is 38.4. The molecule has 3 aromatic carbocycles. The molecule has 0 aromatic heterocycles. The SMILES string of the molecule is FC(F)(F)Cc1c2ccccc2cc2ccccc12. The van der Waals surface area contributed by atoms with Crippen molar-refractivity contribution in [3.63, 3.8) is 0 Å². The average molecular weight is 260 g/mol. The molecule has 96 valence electrons. The molecule has 3 heteroatoms. The number of hydrogen-bond acceptors (Lipinski definition) is 0. The molecule has 0 aliphatic carbocycles. The van der Waals surface area contributed by atoms with Gasteiger partial charge in [-0.15, -0.1) is 0 Å². The van der Waals surface area contributed by atoms with Gasteiger partial charge in [0.05, 0.1) is 6.42 Å². The van der Waals surface area contributed by atoms with Crippen LogP contribution in [0.2, 0.25) is 0 Å². The fourth-order valence-electron chi connectivity index (χ4n) is 2.50. The molecule has 0 spiro atoms. The first-order valence-corrected chi connectivity index (χ1v) is 6.01. The minimum Gasteiger partial charge on any atom is -0.171 e.